The zero-order chi connectivity index (χ0) is 12.7. The molecule has 0 unspecified atom stereocenters. The first-order chi connectivity index (χ1) is 8.15. The molecule has 0 saturated heterocycles. The molecule has 2 N–H and O–H groups in total. The number of carbonyl (C=O) groups is 2. The summed E-state index contributed by atoms with van der Waals surface area (Å²) < 4.78 is 2.20. The maximum absolute atomic E-state index is 11.5. The largest absolute Gasteiger partial charge is 0.480 e. The lowest BCUT2D eigenvalue weighted by Crippen LogP contribution is -2.38. The molecule has 0 radical (unpaired) electrons. The Morgan fingerprint density at radius 1 is 1.29 bits per heavy atom. The third kappa shape index (κ3) is 4.58. The lowest BCUT2D eigenvalue weighted by Gasteiger charge is -2.08. The molecule has 4 nitrogen and oxygen atoms in total. The molecular weight excluding hydrogens is 238 g/mol. The van der Waals surface area contributed by atoms with Crippen molar-refractivity contribution in [2.24, 2.45) is 0 Å². The molecule has 1 aromatic rings. The molecule has 92 valence electrons. The molecule has 1 atom stereocenters. The third-order valence-electron chi connectivity index (χ3n) is 2.43. The van der Waals surface area contributed by atoms with Crippen molar-refractivity contribution in [1.82, 2.24) is 4.72 Å². The van der Waals surface area contributed by atoms with Crippen LogP contribution in [0.4, 0.5) is 0 Å². The summed E-state index contributed by atoms with van der Waals surface area (Å²) in [6.45, 7) is 0. The van der Waals surface area contributed by atoms with E-state index in [1.807, 2.05) is 30.3 Å². The van der Waals surface area contributed by atoms with Gasteiger partial charge in [-0.2, -0.15) is 0 Å². The van der Waals surface area contributed by atoms with Gasteiger partial charge in [0, 0.05) is 6.42 Å². The molecule has 0 aliphatic heterocycles. The van der Waals surface area contributed by atoms with Gasteiger partial charge < -0.3 is 5.11 Å². The van der Waals surface area contributed by atoms with Crippen LogP contribution in [0.15, 0.2) is 30.3 Å². The Hall–Kier alpha value is -1.33. The molecule has 0 aromatic heterocycles. The van der Waals surface area contributed by atoms with Crippen molar-refractivity contribution in [3.8, 4) is 0 Å². The Morgan fingerprint density at radius 2 is 1.94 bits per heavy atom. The van der Waals surface area contributed by atoms with Crippen LogP contribution in [-0.2, 0) is 16.0 Å². The molecule has 0 spiro atoms. The number of Topliss-reactive ketones (excluding diaryl/α,β-unsaturated/α-hetero) is 1. The van der Waals surface area contributed by atoms with E-state index in [1.165, 1.54) is 0 Å². The number of rotatable bonds is 7. The van der Waals surface area contributed by atoms with Crippen molar-refractivity contribution >= 4 is 24.6 Å². The van der Waals surface area contributed by atoms with Crippen molar-refractivity contribution in [3.63, 3.8) is 0 Å². The number of nitrogens with one attached hydrogen (secondary N) is 1. The van der Waals surface area contributed by atoms with Gasteiger partial charge in [0.15, 0.2) is 11.8 Å². The molecule has 5 heteroatoms. The first kappa shape index (κ1) is 13.7. The average molecular weight is 253 g/mol. The van der Waals surface area contributed by atoms with E-state index < -0.39 is 12.0 Å². The van der Waals surface area contributed by atoms with Crippen LogP contribution in [0.3, 0.4) is 0 Å². The fraction of sp³-hybridized carbons (Fsp3) is 0.333. The summed E-state index contributed by atoms with van der Waals surface area (Å²) in [6.07, 6.45) is 1.65. The van der Waals surface area contributed by atoms with Gasteiger partial charge in [-0.25, -0.2) is 4.72 Å². The standard InChI is InChI=1S/C12H15NO3S/c14-10(11(13-17)12(15)16)8-4-7-9-5-2-1-3-6-9/h1-3,5-6,11,13,17H,4,7-8H2,(H,15,16)/t11-/m1/s1. The Kier molecular flexibility index (Phi) is 5.72. The number of hydrogen-bond acceptors (Lipinski definition) is 4. The molecule has 0 saturated carbocycles. The highest BCUT2D eigenvalue weighted by Gasteiger charge is 2.23. The van der Waals surface area contributed by atoms with Crippen molar-refractivity contribution < 1.29 is 14.7 Å². The monoisotopic (exact) mass is 253 g/mol. The summed E-state index contributed by atoms with van der Waals surface area (Å²) in [7, 11) is 0. The average Bonchev–Trinajstić information content (AvgIpc) is 2.30. The molecule has 1 rings (SSSR count). The lowest BCUT2D eigenvalue weighted by molar-refractivity contribution is -0.142. The molecular formula is C12H15NO3S. The Morgan fingerprint density at radius 3 is 2.47 bits per heavy atom. The second-order valence-electron chi connectivity index (χ2n) is 3.71. The number of carbonyl (C=O) groups excluding carboxylic acids is 1. The molecule has 0 aliphatic rings. The summed E-state index contributed by atoms with van der Waals surface area (Å²) in [4.78, 5) is 22.2. The summed E-state index contributed by atoms with van der Waals surface area (Å²) in [5, 5.41) is 8.73. The van der Waals surface area contributed by atoms with Crippen LogP contribution < -0.4 is 4.72 Å². The molecule has 17 heavy (non-hydrogen) atoms. The molecule has 0 heterocycles. The first-order valence-corrected chi connectivity index (χ1v) is 5.79. The van der Waals surface area contributed by atoms with Gasteiger partial charge in [0.25, 0.3) is 0 Å². The van der Waals surface area contributed by atoms with E-state index in [1.54, 1.807) is 0 Å². The second kappa shape index (κ2) is 7.09. The van der Waals surface area contributed by atoms with Crippen LogP contribution in [0, 0.1) is 0 Å². The number of carboxylic acids is 1. The van der Waals surface area contributed by atoms with Gasteiger partial charge in [-0.3, -0.25) is 9.59 Å². The second-order valence-corrected chi connectivity index (χ2v) is 3.96. The fourth-order valence-electron chi connectivity index (χ4n) is 1.52. The highest BCUT2D eigenvalue weighted by molar-refractivity contribution is 7.78. The third-order valence-corrected chi connectivity index (χ3v) is 2.69. The van der Waals surface area contributed by atoms with Crippen LogP contribution >= 0.6 is 12.8 Å². The predicted molar refractivity (Wildman–Crippen MR) is 67.9 cm³/mol. The highest BCUT2D eigenvalue weighted by atomic mass is 32.1. The van der Waals surface area contributed by atoms with E-state index >= 15 is 0 Å². The van der Waals surface area contributed by atoms with Crippen LogP contribution in [0.1, 0.15) is 18.4 Å². The number of thiol groups is 1. The highest BCUT2D eigenvalue weighted by Crippen LogP contribution is 2.06. The molecule has 0 fully saturated rings. The van der Waals surface area contributed by atoms with Gasteiger partial charge >= 0.3 is 5.97 Å². The van der Waals surface area contributed by atoms with E-state index in [-0.39, 0.29) is 12.2 Å². The van der Waals surface area contributed by atoms with Gasteiger partial charge in [-0.1, -0.05) is 43.1 Å². The smallest absolute Gasteiger partial charge is 0.329 e. The molecule has 1 aromatic carbocycles. The van der Waals surface area contributed by atoms with Crippen molar-refractivity contribution in [2.45, 2.75) is 25.3 Å². The van der Waals surface area contributed by atoms with Crippen LogP contribution in [0.2, 0.25) is 0 Å². The minimum atomic E-state index is -1.21. The van der Waals surface area contributed by atoms with Gasteiger partial charge in [0.05, 0.1) is 0 Å². The quantitative estimate of drug-likeness (QED) is 0.508. The Balaban J connectivity index is 2.36. The zero-order valence-corrected chi connectivity index (χ0v) is 10.2. The van der Waals surface area contributed by atoms with Crippen LogP contribution in [0.5, 0.6) is 0 Å². The van der Waals surface area contributed by atoms with E-state index in [4.69, 9.17) is 5.11 Å². The van der Waals surface area contributed by atoms with Crippen LogP contribution in [-0.4, -0.2) is 22.9 Å². The van der Waals surface area contributed by atoms with E-state index in [9.17, 15) is 9.59 Å². The minimum absolute atomic E-state index is 0.236. The van der Waals surface area contributed by atoms with Crippen molar-refractivity contribution in [2.75, 3.05) is 0 Å². The summed E-state index contributed by atoms with van der Waals surface area (Å²) >= 11 is 3.63. The summed E-state index contributed by atoms with van der Waals surface area (Å²) in [5.74, 6) is -1.53. The van der Waals surface area contributed by atoms with E-state index in [2.05, 4.69) is 17.5 Å². The normalized spacial score (nSPS) is 12.1. The lowest BCUT2D eigenvalue weighted by atomic mass is 10.0. The number of carboxylic acid groups (broad SMARTS) is 1. The Bertz CT molecular complexity index is 381. The maximum Gasteiger partial charge on any atom is 0.329 e. The van der Waals surface area contributed by atoms with E-state index in [0.29, 0.717) is 6.42 Å². The fourth-order valence-corrected chi connectivity index (χ4v) is 1.78. The zero-order valence-electron chi connectivity index (χ0n) is 9.30. The minimum Gasteiger partial charge on any atom is -0.480 e. The first-order valence-electron chi connectivity index (χ1n) is 5.34. The van der Waals surface area contributed by atoms with Gasteiger partial charge in [0.1, 0.15) is 0 Å². The molecule has 0 aliphatic carbocycles. The number of aryl methyl sites for hydroxylation is 1. The Labute approximate surface area is 106 Å². The van der Waals surface area contributed by atoms with E-state index in [0.717, 1.165) is 12.0 Å². The number of hydrogen-bond donors (Lipinski definition) is 3. The van der Waals surface area contributed by atoms with Crippen molar-refractivity contribution in [3.05, 3.63) is 35.9 Å². The van der Waals surface area contributed by atoms with Gasteiger partial charge in [-0.15, -0.1) is 0 Å². The van der Waals surface area contributed by atoms with Crippen LogP contribution in [0.25, 0.3) is 0 Å². The maximum atomic E-state index is 11.5. The predicted octanol–water partition coefficient (Wildman–Crippen LogP) is 1.47. The van der Waals surface area contributed by atoms with Gasteiger partial charge in [-0.05, 0) is 18.4 Å². The van der Waals surface area contributed by atoms with Gasteiger partial charge in [0.2, 0.25) is 0 Å². The SMILES string of the molecule is O=C(O)[C@H](NS)C(=O)CCCc1ccccc1. The summed E-state index contributed by atoms with van der Waals surface area (Å²) in [6, 6.07) is 8.55. The molecule has 0 bridgehead atoms. The number of ketones is 1. The number of benzene rings is 1. The number of aliphatic carboxylic acids is 1. The summed E-state index contributed by atoms with van der Waals surface area (Å²) in [5.41, 5.74) is 1.14. The molecule has 0 amide bonds. The topological polar surface area (TPSA) is 66.4 Å². The van der Waals surface area contributed by atoms with Crippen molar-refractivity contribution in [1.29, 1.82) is 0 Å².